The van der Waals surface area contributed by atoms with Crippen molar-refractivity contribution in [3.63, 3.8) is 0 Å². The molecule has 0 spiro atoms. The summed E-state index contributed by atoms with van der Waals surface area (Å²) in [5.74, 6) is 0. The molecule has 1 aromatic rings. The fourth-order valence-corrected chi connectivity index (χ4v) is 2.05. The van der Waals surface area contributed by atoms with Gasteiger partial charge in [0.15, 0.2) is 0 Å². The normalized spacial score (nSPS) is 19.9. The Morgan fingerprint density at radius 3 is 2.85 bits per heavy atom. The van der Waals surface area contributed by atoms with Gasteiger partial charge in [0.05, 0.1) is 12.2 Å². The van der Waals surface area contributed by atoms with E-state index < -0.39 is 0 Å². The van der Waals surface area contributed by atoms with Crippen LogP contribution in [0, 0.1) is 0 Å². The second kappa shape index (κ2) is 5.57. The minimum absolute atomic E-state index is 0.286. The van der Waals surface area contributed by atoms with Crippen molar-refractivity contribution in [3.8, 4) is 0 Å². The molecule has 0 bridgehead atoms. The second-order valence-electron chi connectivity index (χ2n) is 4.53. The number of hydrogen-bond donors (Lipinski definition) is 0. The first-order valence-electron chi connectivity index (χ1n) is 6.42. The molecular weight excluding hydrogens is 252 g/mol. The monoisotopic (exact) mass is 266 g/mol. The van der Waals surface area contributed by atoms with Gasteiger partial charge >= 0.3 is 6.09 Å². The molecule has 100 valence electrons. The fourth-order valence-electron chi connectivity index (χ4n) is 2.05. The molecule has 4 nitrogen and oxygen atoms in total. The molecule has 1 amide bonds. The Kier molecular flexibility index (Phi) is 3.46. The van der Waals surface area contributed by atoms with Gasteiger partial charge in [-0.1, -0.05) is 30.3 Å². The van der Waals surface area contributed by atoms with E-state index in [4.69, 9.17) is 4.74 Å². The number of ether oxygens (including phenoxy) is 1. The van der Waals surface area contributed by atoms with E-state index in [0.717, 1.165) is 16.8 Å². The summed E-state index contributed by atoms with van der Waals surface area (Å²) in [4.78, 5) is 17.7. The molecule has 3 rings (SSSR count). The van der Waals surface area contributed by atoms with Crippen molar-refractivity contribution in [2.24, 2.45) is 4.99 Å². The zero-order chi connectivity index (χ0) is 13.8. The maximum Gasteiger partial charge on any atom is 0.414 e. The lowest BCUT2D eigenvalue weighted by Crippen LogP contribution is -2.25. The third-order valence-corrected chi connectivity index (χ3v) is 3.12. The van der Waals surface area contributed by atoms with Gasteiger partial charge in [-0.25, -0.2) is 4.79 Å². The molecule has 0 saturated carbocycles. The molecule has 0 fully saturated rings. The average molecular weight is 266 g/mol. The van der Waals surface area contributed by atoms with Gasteiger partial charge in [0.2, 0.25) is 0 Å². The van der Waals surface area contributed by atoms with Crippen LogP contribution in [-0.2, 0) is 11.3 Å². The van der Waals surface area contributed by atoms with Crippen LogP contribution in [0.15, 0.2) is 71.0 Å². The highest BCUT2D eigenvalue weighted by Crippen LogP contribution is 2.20. The first kappa shape index (κ1) is 12.4. The Morgan fingerprint density at radius 2 is 2.10 bits per heavy atom. The average Bonchev–Trinajstić information content (AvgIpc) is 3.16. The van der Waals surface area contributed by atoms with Gasteiger partial charge in [0, 0.05) is 12.4 Å². The smallest absolute Gasteiger partial charge is 0.414 e. The van der Waals surface area contributed by atoms with Gasteiger partial charge in [-0.15, -0.1) is 0 Å². The summed E-state index contributed by atoms with van der Waals surface area (Å²) in [5.41, 5.74) is 2.90. The number of carbonyl (C=O) groups excluding carboxylic acids is 1. The van der Waals surface area contributed by atoms with E-state index in [0.29, 0.717) is 6.54 Å². The van der Waals surface area contributed by atoms with Crippen LogP contribution in [0.3, 0.4) is 0 Å². The van der Waals surface area contributed by atoms with Gasteiger partial charge in [0.1, 0.15) is 6.61 Å². The fraction of sp³-hybridized carbons (Fsp3) is 0.125. The van der Waals surface area contributed by atoms with Crippen molar-refractivity contribution in [2.45, 2.75) is 6.61 Å². The number of allylic oxidation sites excluding steroid dienone is 2. The van der Waals surface area contributed by atoms with E-state index in [9.17, 15) is 4.79 Å². The summed E-state index contributed by atoms with van der Waals surface area (Å²) in [6.45, 7) is 0.790. The molecule has 2 aliphatic rings. The number of benzene rings is 1. The third-order valence-electron chi connectivity index (χ3n) is 3.12. The predicted octanol–water partition coefficient (Wildman–Crippen LogP) is 3.05. The number of carbonyl (C=O) groups is 1. The van der Waals surface area contributed by atoms with Crippen LogP contribution in [-0.4, -0.2) is 23.8 Å². The maximum absolute atomic E-state index is 12.0. The van der Waals surface area contributed by atoms with Crippen molar-refractivity contribution < 1.29 is 9.53 Å². The summed E-state index contributed by atoms with van der Waals surface area (Å²) in [6, 6.07) is 9.64. The Morgan fingerprint density at radius 1 is 1.25 bits per heavy atom. The minimum Gasteiger partial charge on any atom is -0.444 e. The number of hydrogen-bond acceptors (Lipinski definition) is 3. The lowest BCUT2D eigenvalue weighted by molar-refractivity contribution is 0.114. The van der Waals surface area contributed by atoms with Crippen LogP contribution in [0.5, 0.6) is 0 Å². The molecule has 2 aliphatic heterocycles. The standard InChI is InChI=1S/C16H14N2O2/c19-16(20-12-13-5-2-1-3-6-13)18-10-8-14(11-18)15-7-4-9-17-15/h1-10H,11-12H2. The van der Waals surface area contributed by atoms with Crippen LogP contribution < -0.4 is 0 Å². The van der Waals surface area contributed by atoms with Crippen molar-refractivity contribution in [1.82, 2.24) is 4.90 Å². The number of nitrogens with zero attached hydrogens (tertiary/aromatic N) is 2. The molecule has 0 saturated heterocycles. The summed E-state index contributed by atoms with van der Waals surface area (Å²) >= 11 is 0. The topological polar surface area (TPSA) is 41.9 Å². The number of aliphatic imine (C=N–C) groups is 1. The van der Waals surface area contributed by atoms with Crippen molar-refractivity contribution in [2.75, 3.05) is 6.54 Å². The molecular formula is C16H14N2O2. The van der Waals surface area contributed by atoms with E-state index >= 15 is 0 Å². The molecule has 0 aromatic heterocycles. The molecule has 0 atom stereocenters. The molecule has 4 heteroatoms. The zero-order valence-electron chi connectivity index (χ0n) is 10.9. The van der Waals surface area contributed by atoms with Gasteiger partial charge in [-0.3, -0.25) is 9.89 Å². The van der Waals surface area contributed by atoms with E-state index in [1.807, 2.05) is 48.6 Å². The lowest BCUT2D eigenvalue weighted by Gasteiger charge is -2.14. The van der Waals surface area contributed by atoms with Crippen LogP contribution in [0.4, 0.5) is 4.79 Å². The highest BCUT2D eigenvalue weighted by molar-refractivity contribution is 5.78. The quantitative estimate of drug-likeness (QED) is 0.825. The van der Waals surface area contributed by atoms with E-state index in [1.54, 1.807) is 17.3 Å². The van der Waals surface area contributed by atoms with Crippen LogP contribution in [0.2, 0.25) is 0 Å². The molecule has 1 aromatic carbocycles. The van der Waals surface area contributed by atoms with Gasteiger partial charge in [-0.05, 0) is 29.4 Å². The molecule has 2 heterocycles. The molecule has 0 unspecified atom stereocenters. The minimum atomic E-state index is -0.341. The molecule has 0 aliphatic carbocycles. The number of amides is 1. The highest BCUT2D eigenvalue weighted by Gasteiger charge is 2.20. The second-order valence-corrected chi connectivity index (χ2v) is 4.53. The molecule has 20 heavy (non-hydrogen) atoms. The zero-order valence-corrected chi connectivity index (χ0v) is 10.9. The highest BCUT2D eigenvalue weighted by atomic mass is 16.6. The summed E-state index contributed by atoms with van der Waals surface area (Å²) in [5, 5.41) is 0. The molecule has 0 N–H and O–H groups in total. The van der Waals surface area contributed by atoms with E-state index in [-0.39, 0.29) is 12.7 Å². The third kappa shape index (κ3) is 2.69. The Bertz CT molecular complexity index is 613. The number of rotatable bonds is 2. The van der Waals surface area contributed by atoms with Crippen LogP contribution >= 0.6 is 0 Å². The van der Waals surface area contributed by atoms with Gasteiger partial charge in [-0.2, -0.15) is 0 Å². The summed E-state index contributed by atoms with van der Waals surface area (Å²) < 4.78 is 5.28. The Hall–Kier alpha value is -2.62. The van der Waals surface area contributed by atoms with Gasteiger partial charge in [0.25, 0.3) is 0 Å². The van der Waals surface area contributed by atoms with E-state index in [2.05, 4.69) is 4.99 Å². The Labute approximate surface area is 117 Å². The van der Waals surface area contributed by atoms with Crippen molar-refractivity contribution in [3.05, 3.63) is 71.6 Å². The van der Waals surface area contributed by atoms with Crippen LogP contribution in [0.1, 0.15) is 5.56 Å². The van der Waals surface area contributed by atoms with E-state index in [1.165, 1.54) is 0 Å². The molecule has 0 radical (unpaired) electrons. The summed E-state index contributed by atoms with van der Waals surface area (Å²) in [7, 11) is 0. The largest absolute Gasteiger partial charge is 0.444 e. The van der Waals surface area contributed by atoms with Crippen LogP contribution in [0.25, 0.3) is 0 Å². The lowest BCUT2D eigenvalue weighted by atomic mass is 10.2. The van der Waals surface area contributed by atoms with Crippen molar-refractivity contribution >= 4 is 12.3 Å². The summed E-state index contributed by atoms with van der Waals surface area (Å²) in [6.07, 6.45) is 8.84. The SMILES string of the molecule is O=C(OCc1ccccc1)N1C=CC(=C2C=CC=N2)C1. The first-order valence-corrected chi connectivity index (χ1v) is 6.42. The predicted molar refractivity (Wildman–Crippen MR) is 77.1 cm³/mol. The first-order chi connectivity index (χ1) is 9.83. The Balaban J connectivity index is 1.57. The van der Waals surface area contributed by atoms with Crippen molar-refractivity contribution in [1.29, 1.82) is 0 Å². The maximum atomic E-state index is 12.0. The van der Waals surface area contributed by atoms with Gasteiger partial charge < -0.3 is 4.74 Å².